The van der Waals surface area contributed by atoms with Crippen LogP contribution in [0.2, 0.25) is 0 Å². The molecule has 0 fully saturated rings. The molecular formula is C15H13FS. The van der Waals surface area contributed by atoms with Crippen LogP contribution in [0.1, 0.15) is 11.1 Å². The van der Waals surface area contributed by atoms with E-state index in [1.54, 1.807) is 23.9 Å². The molecule has 2 heteroatoms. The Morgan fingerprint density at radius 2 is 1.59 bits per heavy atom. The van der Waals surface area contributed by atoms with Gasteiger partial charge in [-0.3, -0.25) is 0 Å². The topological polar surface area (TPSA) is 0 Å². The Bertz CT molecular complexity index is 497. The van der Waals surface area contributed by atoms with Gasteiger partial charge in [0.05, 0.1) is 0 Å². The van der Waals surface area contributed by atoms with E-state index in [9.17, 15) is 4.39 Å². The van der Waals surface area contributed by atoms with Crippen molar-refractivity contribution in [1.29, 1.82) is 0 Å². The van der Waals surface area contributed by atoms with Crippen LogP contribution in [0.25, 0.3) is 6.08 Å². The Morgan fingerprint density at radius 3 is 2.24 bits per heavy atom. The number of hydrogen-bond donors (Lipinski definition) is 0. The van der Waals surface area contributed by atoms with Gasteiger partial charge in [0.25, 0.3) is 0 Å². The zero-order valence-corrected chi connectivity index (χ0v) is 10.4. The van der Waals surface area contributed by atoms with Crippen molar-refractivity contribution in [3.8, 4) is 0 Å². The van der Waals surface area contributed by atoms with Crippen molar-refractivity contribution in [3.05, 3.63) is 70.9 Å². The summed E-state index contributed by atoms with van der Waals surface area (Å²) in [5.74, 6) is -0.201. The first-order valence-electron chi connectivity index (χ1n) is 5.39. The minimum absolute atomic E-state index is 0.201. The maximum Gasteiger partial charge on any atom is 0.123 e. The molecule has 2 aromatic rings. The third-order valence-electron chi connectivity index (χ3n) is 2.36. The van der Waals surface area contributed by atoms with E-state index in [0.717, 1.165) is 5.56 Å². The van der Waals surface area contributed by atoms with E-state index in [1.165, 1.54) is 22.6 Å². The second-order valence-electron chi connectivity index (χ2n) is 3.79. The van der Waals surface area contributed by atoms with Gasteiger partial charge >= 0.3 is 0 Å². The fourth-order valence-corrected chi connectivity index (χ4v) is 2.06. The predicted molar refractivity (Wildman–Crippen MR) is 72.5 cm³/mol. The summed E-state index contributed by atoms with van der Waals surface area (Å²) in [6.07, 6.45) is 1.98. The highest BCUT2D eigenvalue weighted by atomic mass is 32.2. The average Bonchev–Trinajstić information content (AvgIpc) is 2.34. The lowest BCUT2D eigenvalue weighted by Crippen LogP contribution is -1.74. The van der Waals surface area contributed by atoms with Crippen molar-refractivity contribution >= 4 is 17.8 Å². The summed E-state index contributed by atoms with van der Waals surface area (Å²) in [4.78, 5) is 1.20. The molecule has 17 heavy (non-hydrogen) atoms. The van der Waals surface area contributed by atoms with Crippen LogP contribution in [-0.4, -0.2) is 0 Å². The maximum absolute atomic E-state index is 12.7. The monoisotopic (exact) mass is 244 g/mol. The van der Waals surface area contributed by atoms with Crippen LogP contribution in [0.15, 0.2) is 58.8 Å². The van der Waals surface area contributed by atoms with Gasteiger partial charge in [0.15, 0.2) is 0 Å². The van der Waals surface area contributed by atoms with Gasteiger partial charge in [0.2, 0.25) is 0 Å². The van der Waals surface area contributed by atoms with Crippen molar-refractivity contribution < 1.29 is 4.39 Å². The van der Waals surface area contributed by atoms with Crippen molar-refractivity contribution in [2.75, 3.05) is 0 Å². The molecule has 0 nitrogen and oxygen atoms in total. The van der Waals surface area contributed by atoms with Crippen LogP contribution in [0.3, 0.4) is 0 Å². The summed E-state index contributed by atoms with van der Waals surface area (Å²) in [6, 6.07) is 14.8. The zero-order chi connectivity index (χ0) is 12.1. The van der Waals surface area contributed by atoms with Crippen LogP contribution in [0.4, 0.5) is 4.39 Å². The van der Waals surface area contributed by atoms with E-state index in [4.69, 9.17) is 0 Å². The van der Waals surface area contributed by atoms with Gasteiger partial charge < -0.3 is 0 Å². The van der Waals surface area contributed by atoms with E-state index in [1.807, 2.05) is 11.5 Å². The van der Waals surface area contributed by atoms with Gasteiger partial charge in [0, 0.05) is 4.90 Å². The highest BCUT2D eigenvalue weighted by Crippen LogP contribution is 2.20. The molecule has 86 valence electrons. The predicted octanol–water partition coefficient (Wildman–Crippen LogP) is 4.90. The first kappa shape index (κ1) is 11.9. The van der Waals surface area contributed by atoms with Gasteiger partial charge in [-0.05, 0) is 48.2 Å². The van der Waals surface area contributed by atoms with Gasteiger partial charge in [-0.15, -0.1) is 0 Å². The molecule has 0 atom stereocenters. The Morgan fingerprint density at radius 1 is 0.941 bits per heavy atom. The fourth-order valence-electron chi connectivity index (χ4n) is 1.38. The summed E-state index contributed by atoms with van der Waals surface area (Å²) in [5.41, 5.74) is 2.27. The number of hydrogen-bond acceptors (Lipinski definition) is 1. The lowest BCUT2D eigenvalue weighted by atomic mass is 10.2. The van der Waals surface area contributed by atoms with Gasteiger partial charge in [-0.1, -0.05) is 41.6 Å². The second kappa shape index (κ2) is 5.69. The van der Waals surface area contributed by atoms with E-state index < -0.39 is 0 Å². The fraction of sp³-hybridized carbons (Fsp3) is 0.0667. The number of thioether (sulfide) groups is 1. The number of aryl methyl sites for hydroxylation is 1. The largest absolute Gasteiger partial charge is 0.207 e. The number of rotatable bonds is 3. The maximum atomic E-state index is 12.7. The Hall–Kier alpha value is -1.54. The van der Waals surface area contributed by atoms with Crippen molar-refractivity contribution in [3.63, 3.8) is 0 Å². The van der Waals surface area contributed by atoms with Crippen LogP contribution >= 0.6 is 11.8 Å². The van der Waals surface area contributed by atoms with Crippen molar-refractivity contribution in [2.24, 2.45) is 0 Å². The van der Waals surface area contributed by atoms with E-state index in [2.05, 4.69) is 31.2 Å². The van der Waals surface area contributed by atoms with E-state index in [-0.39, 0.29) is 5.82 Å². The molecule has 0 saturated heterocycles. The summed E-state index contributed by atoms with van der Waals surface area (Å²) in [6.45, 7) is 2.07. The highest BCUT2D eigenvalue weighted by molar-refractivity contribution is 8.02. The molecule has 0 aliphatic rings. The zero-order valence-electron chi connectivity index (χ0n) is 9.56. The Labute approximate surface area is 105 Å². The summed E-state index contributed by atoms with van der Waals surface area (Å²) in [5, 5.41) is 2.01. The molecule has 0 radical (unpaired) electrons. The average molecular weight is 244 g/mol. The molecule has 0 unspecified atom stereocenters. The summed E-state index contributed by atoms with van der Waals surface area (Å²) in [7, 11) is 0. The molecule has 0 aliphatic carbocycles. The third kappa shape index (κ3) is 3.75. The van der Waals surface area contributed by atoms with Crippen LogP contribution in [0, 0.1) is 12.7 Å². The molecule has 0 aliphatic heterocycles. The Kier molecular flexibility index (Phi) is 3.99. The molecule has 0 amide bonds. The standard InChI is InChI=1S/C15H13FS/c1-12-2-8-15(9-3-12)17-11-10-13-4-6-14(16)7-5-13/h2-11H,1H3/b11-10-. The molecule has 2 rings (SSSR count). The lowest BCUT2D eigenvalue weighted by Gasteiger charge is -1.97. The third-order valence-corrected chi connectivity index (χ3v) is 3.17. The molecule has 0 spiro atoms. The van der Waals surface area contributed by atoms with E-state index >= 15 is 0 Å². The molecule has 0 N–H and O–H groups in total. The molecule has 0 bridgehead atoms. The quantitative estimate of drug-likeness (QED) is 0.692. The second-order valence-corrected chi connectivity index (χ2v) is 4.76. The lowest BCUT2D eigenvalue weighted by molar-refractivity contribution is 0.628. The minimum atomic E-state index is -0.201. The molecule has 0 heterocycles. The smallest absolute Gasteiger partial charge is 0.123 e. The summed E-state index contributed by atoms with van der Waals surface area (Å²) < 4.78 is 12.7. The normalized spacial score (nSPS) is 10.9. The van der Waals surface area contributed by atoms with Gasteiger partial charge in [-0.2, -0.15) is 0 Å². The molecular weight excluding hydrogens is 231 g/mol. The van der Waals surface area contributed by atoms with Crippen molar-refractivity contribution in [1.82, 2.24) is 0 Å². The first-order chi connectivity index (χ1) is 8.24. The molecule has 0 saturated carbocycles. The minimum Gasteiger partial charge on any atom is -0.207 e. The first-order valence-corrected chi connectivity index (χ1v) is 6.27. The Balaban J connectivity index is 1.97. The van der Waals surface area contributed by atoms with Crippen LogP contribution in [-0.2, 0) is 0 Å². The number of benzene rings is 2. The van der Waals surface area contributed by atoms with E-state index in [0.29, 0.717) is 0 Å². The van der Waals surface area contributed by atoms with Gasteiger partial charge in [-0.25, -0.2) is 4.39 Å². The van der Waals surface area contributed by atoms with Crippen molar-refractivity contribution in [2.45, 2.75) is 11.8 Å². The summed E-state index contributed by atoms with van der Waals surface area (Å²) >= 11 is 1.65. The van der Waals surface area contributed by atoms with Crippen LogP contribution in [0.5, 0.6) is 0 Å². The van der Waals surface area contributed by atoms with Gasteiger partial charge in [0.1, 0.15) is 5.82 Å². The SMILES string of the molecule is Cc1ccc(S/C=C\c2ccc(F)cc2)cc1. The molecule has 2 aromatic carbocycles. The van der Waals surface area contributed by atoms with Crippen LogP contribution < -0.4 is 0 Å². The highest BCUT2D eigenvalue weighted by Gasteiger charge is 1.91. The molecule has 0 aromatic heterocycles. The number of halogens is 1.